The van der Waals surface area contributed by atoms with E-state index in [4.69, 9.17) is 0 Å². The predicted molar refractivity (Wildman–Crippen MR) is 115 cm³/mol. The van der Waals surface area contributed by atoms with Crippen molar-refractivity contribution in [1.82, 2.24) is 0 Å². The van der Waals surface area contributed by atoms with Gasteiger partial charge in [-0.3, -0.25) is 4.79 Å². The number of amidine groups is 1. The lowest BCUT2D eigenvalue weighted by Crippen LogP contribution is -2.38. The highest BCUT2D eigenvalue weighted by Crippen LogP contribution is 2.42. The van der Waals surface area contributed by atoms with Crippen molar-refractivity contribution in [1.29, 1.82) is 0 Å². The second-order valence-electron chi connectivity index (χ2n) is 7.34. The normalized spacial score (nSPS) is 24.5. The van der Waals surface area contributed by atoms with Crippen molar-refractivity contribution in [2.75, 3.05) is 16.4 Å². The highest BCUT2D eigenvalue weighted by molar-refractivity contribution is 8.16. The van der Waals surface area contributed by atoms with Crippen molar-refractivity contribution >= 4 is 38.4 Å². The number of anilines is 1. The third-order valence-electron chi connectivity index (χ3n) is 5.32. The van der Waals surface area contributed by atoms with E-state index in [0.29, 0.717) is 5.17 Å². The van der Waals surface area contributed by atoms with Crippen molar-refractivity contribution in [3.05, 3.63) is 65.2 Å². The first-order valence-electron chi connectivity index (χ1n) is 9.22. The molecule has 0 aromatic heterocycles. The van der Waals surface area contributed by atoms with Crippen molar-refractivity contribution in [2.24, 2.45) is 4.99 Å². The number of nitrogens with zero attached hydrogens (tertiary/aromatic N) is 2. The summed E-state index contributed by atoms with van der Waals surface area (Å²) in [5.74, 6) is 0.0198. The minimum absolute atomic E-state index is 0.0896. The maximum absolute atomic E-state index is 12.6. The van der Waals surface area contributed by atoms with Gasteiger partial charge in [-0.15, -0.1) is 0 Å². The average Bonchev–Trinajstić information content (AvgIpc) is 3.09. The number of hydrogen-bond acceptors (Lipinski definition) is 4. The molecule has 0 N–H and O–H groups in total. The second-order valence-corrected chi connectivity index (χ2v) is 10.7. The molecule has 28 heavy (non-hydrogen) atoms. The first-order chi connectivity index (χ1) is 13.3. The van der Waals surface area contributed by atoms with Crippen LogP contribution in [-0.4, -0.2) is 42.3 Å². The van der Waals surface area contributed by atoms with E-state index in [0.717, 1.165) is 22.4 Å². The Morgan fingerprint density at radius 2 is 1.86 bits per heavy atom. The summed E-state index contributed by atoms with van der Waals surface area (Å²) in [6.45, 7) is 4.05. The summed E-state index contributed by atoms with van der Waals surface area (Å²) in [6, 6.07) is 15.3. The topological polar surface area (TPSA) is 66.8 Å². The minimum atomic E-state index is -3.07. The van der Waals surface area contributed by atoms with Crippen LogP contribution in [0.3, 0.4) is 0 Å². The van der Waals surface area contributed by atoms with Crippen LogP contribution in [0.15, 0.2) is 53.5 Å². The Labute approximate surface area is 169 Å². The molecule has 0 spiro atoms. The fraction of sp³-hybridized carbons (Fsp3) is 0.333. The van der Waals surface area contributed by atoms with Crippen molar-refractivity contribution in [3.8, 4) is 0 Å². The standard InChI is InChI=1S/C21H22N2O3S2/c1-14-7-6-10-17(15(14)2)23-18-12-28(25,26)13-19(18)27-21(23)22-20(24)11-16-8-4-3-5-9-16/h3-10,18-19H,11-13H2,1-2H3. The predicted octanol–water partition coefficient (Wildman–Crippen LogP) is 3.15. The number of thioether (sulfide) groups is 1. The average molecular weight is 415 g/mol. The van der Waals surface area contributed by atoms with E-state index in [9.17, 15) is 13.2 Å². The molecule has 2 atom stereocenters. The van der Waals surface area contributed by atoms with E-state index in [1.54, 1.807) is 0 Å². The molecule has 0 bridgehead atoms. The van der Waals surface area contributed by atoms with Gasteiger partial charge >= 0.3 is 0 Å². The van der Waals surface area contributed by atoms with Gasteiger partial charge in [0.1, 0.15) is 0 Å². The molecule has 2 aromatic carbocycles. The van der Waals surface area contributed by atoms with Gasteiger partial charge in [0.05, 0.1) is 24.0 Å². The molecule has 7 heteroatoms. The summed E-state index contributed by atoms with van der Waals surface area (Å²) in [4.78, 5) is 19.0. The van der Waals surface area contributed by atoms with Crippen molar-refractivity contribution in [2.45, 2.75) is 31.6 Å². The van der Waals surface area contributed by atoms with Crippen LogP contribution in [0, 0.1) is 13.8 Å². The van der Waals surface area contributed by atoms with E-state index in [-0.39, 0.29) is 35.1 Å². The minimum Gasteiger partial charge on any atom is -0.315 e. The number of carbonyl (C=O) groups is 1. The first kappa shape index (κ1) is 19.2. The quantitative estimate of drug-likeness (QED) is 0.772. The molecule has 2 saturated heterocycles. The molecule has 2 unspecified atom stereocenters. The summed E-state index contributed by atoms with van der Waals surface area (Å²) in [5.41, 5.74) is 4.06. The largest absolute Gasteiger partial charge is 0.315 e. The molecule has 2 aliphatic rings. The van der Waals surface area contributed by atoms with Gasteiger partial charge in [-0.2, -0.15) is 4.99 Å². The number of aryl methyl sites for hydroxylation is 1. The van der Waals surface area contributed by atoms with E-state index in [1.165, 1.54) is 11.8 Å². The molecule has 4 rings (SSSR count). The zero-order valence-corrected chi connectivity index (χ0v) is 17.5. The highest BCUT2D eigenvalue weighted by atomic mass is 32.2. The smallest absolute Gasteiger partial charge is 0.252 e. The number of amides is 1. The van der Waals surface area contributed by atoms with Crippen LogP contribution in [0.4, 0.5) is 5.69 Å². The van der Waals surface area contributed by atoms with Crippen LogP contribution in [0.25, 0.3) is 0 Å². The van der Waals surface area contributed by atoms with Gasteiger partial charge in [0.25, 0.3) is 5.91 Å². The number of hydrogen-bond donors (Lipinski definition) is 0. The monoisotopic (exact) mass is 414 g/mol. The molecular formula is C21H22N2O3S2. The van der Waals surface area contributed by atoms with Crippen LogP contribution < -0.4 is 4.90 Å². The highest BCUT2D eigenvalue weighted by Gasteiger charge is 2.49. The van der Waals surface area contributed by atoms with Crippen molar-refractivity contribution < 1.29 is 13.2 Å². The molecule has 5 nitrogen and oxygen atoms in total. The van der Waals surface area contributed by atoms with Crippen LogP contribution in [0.5, 0.6) is 0 Å². The number of sulfone groups is 1. The maximum atomic E-state index is 12.6. The van der Waals surface area contributed by atoms with Gasteiger partial charge in [-0.05, 0) is 36.6 Å². The lowest BCUT2D eigenvalue weighted by molar-refractivity contribution is -0.117. The van der Waals surface area contributed by atoms with E-state index < -0.39 is 9.84 Å². The summed E-state index contributed by atoms with van der Waals surface area (Å²) in [7, 11) is -3.07. The zero-order chi connectivity index (χ0) is 19.9. The molecule has 1 amide bonds. The number of fused-ring (bicyclic) bond motifs is 1. The molecule has 2 aliphatic heterocycles. The summed E-state index contributed by atoms with van der Waals surface area (Å²) in [6.07, 6.45) is 0.235. The molecule has 2 heterocycles. The van der Waals surface area contributed by atoms with Gasteiger partial charge in [0.2, 0.25) is 0 Å². The molecule has 2 fully saturated rings. The SMILES string of the molecule is Cc1cccc(N2C(=NC(=O)Cc3ccccc3)SC3CS(=O)(=O)CC32)c1C. The van der Waals surface area contributed by atoms with E-state index in [1.807, 2.05) is 67.3 Å². The zero-order valence-electron chi connectivity index (χ0n) is 15.8. The van der Waals surface area contributed by atoms with Crippen LogP contribution in [-0.2, 0) is 21.1 Å². The Hall–Kier alpha value is -2.12. The van der Waals surface area contributed by atoms with Gasteiger partial charge in [0.15, 0.2) is 15.0 Å². The Morgan fingerprint density at radius 3 is 2.61 bits per heavy atom. The van der Waals surface area contributed by atoms with Crippen LogP contribution >= 0.6 is 11.8 Å². The maximum Gasteiger partial charge on any atom is 0.252 e. The molecule has 0 saturated carbocycles. The molecular weight excluding hydrogens is 392 g/mol. The van der Waals surface area contributed by atoms with E-state index in [2.05, 4.69) is 4.99 Å². The molecule has 2 aromatic rings. The number of carbonyl (C=O) groups excluding carboxylic acids is 1. The molecule has 146 valence electrons. The second kappa shape index (κ2) is 7.37. The lowest BCUT2D eigenvalue weighted by Gasteiger charge is -2.26. The van der Waals surface area contributed by atoms with E-state index >= 15 is 0 Å². The third kappa shape index (κ3) is 3.73. The first-order valence-corrected chi connectivity index (χ1v) is 11.9. The Balaban J connectivity index is 1.69. The number of benzene rings is 2. The summed E-state index contributed by atoms with van der Waals surface area (Å²) < 4.78 is 24.4. The van der Waals surface area contributed by atoms with Crippen molar-refractivity contribution in [3.63, 3.8) is 0 Å². The van der Waals surface area contributed by atoms with Gasteiger partial charge < -0.3 is 4.90 Å². The van der Waals surface area contributed by atoms with Crippen LogP contribution in [0.1, 0.15) is 16.7 Å². The number of rotatable bonds is 3. The summed E-state index contributed by atoms with van der Waals surface area (Å²) >= 11 is 1.42. The molecule has 0 aliphatic carbocycles. The Kier molecular flexibility index (Phi) is 5.05. The lowest BCUT2D eigenvalue weighted by atomic mass is 10.1. The van der Waals surface area contributed by atoms with Gasteiger partial charge in [0, 0.05) is 10.9 Å². The number of aliphatic imine (C=N–C) groups is 1. The Bertz CT molecular complexity index is 1050. The fourth-order valence-electron chi connectivity index (χ4n) is 3.76. The summed E-state index contributed by atoms with van der Waals surface area (Å²) in [5, 5.41) is 0.521. The third-order valence-corrected chi connectivity index (χ3v) is 8.53. The van der Waals surface area contributed by atoms with Gasteiger partial charge in [-0.1, -0.05) is 54.2 Å². The van der Waals surface area contributed by atoms with Gasteiger partial charge in [-0.25, -0.2) is 8.42 Å². The fourth-order valence-corrected chi connectivity index (χ4v) is 7.68. The Morgan fingerprint density at radius 1 is 1.11 bits per heavy atom. The molecule has 0 radical (unpaired) electrons. The van der Waals surface area contributed by atoms with Crippen LogP contribution in [0.2, 0.25) is 0 Å².